The molecule has 1 saturated heterocycles. The molecule has 1 N–H and O–H groups in total. The molecule has 0 aliphatic carbocycles. The van der Waals surface area contributed by atoms with Crippen LogP contribution in [-0.4, -0.2) is 55.2 Å². The summed E-state index contributed by atoms with van der Waals surface area (Å²) >= 11 is 5.58. The van der Waals surface area contributed by atoms with Crippen molar-refractivity contribution in [3.63, 3.8) is 0 Å². The first-order valence-electron chi connectivity index (χ1n) is 9.16. The Morgan fingerprint density at radius 1 is 1.37 bits per heavy atom. The molecule has 7 nitrogen and oxygen atoms in total. The molecule has 2 aliphatic heterocycles. The highest BCUT2D eigenvalue weighted by Crippen LogP contribution is 2.51. The van der Waals surface area contributed by atoms with E-state index in [9.17, 15) is 4.79 Å². The molecule has 0 amide bonds. The van der Waals surface area contributed by atoms with Crippen molar-refractivity contribution in [2.75, 3.05) is 33.5 Å². The molecule has 2 bridgehead atoms. The molecule has 1 aromatic carbocycles. The molecule has 0 aromatic heterocycles. The summed E-state index contributed by atoms with van der Waals surface area (Å²) in [4.78, 5) is 14.7. The number of thiocarbonyl (C=S) groups is 1. The standard InChI is InChI=1S/C19H26N2O5S/c1-5-24-13-9-7-8-12-15-14(17(22)25-6-2)19(3,26-16(12)13)21(10-11-23-4)18(27)20-15/h7-9,14-15H,5-6,10-11H2,1-4H3,(H,20,27). The summed E-state index contributed by atoms with van der Waals surface area (Å²) in [7, 11) is 1.62. The van der Waals surface area contributed by atoms with Crippen molar-refractivity contribution in [1.82, 2.24) is 10.2 Å². The zero-order valence-electron chi connectivity index (χ0n) is 16.1. The number of carbonyl (C=O) groups is 1. The summed E-state index contributed by atoms with van der Waals surface area (Å²) in [5.41, 5.74) is -0.178. The van der Waals surface area contributed by atoms with Gasteiger partial charge in [0, 0.05) is 19.2 Å². The molecular weight excluding hydrogens is 368 g/mol. The molecule has 148 valence electrons. The van der Waals surface area contributed by atoms with Gasteiger partial charge in [-0.2, -0.15) is 0 Å². The quantitative estimate of drug-likeness (QED) is 0.558. The van der Waals surface area contributed by atoms with E-state index in [1.165, 1.54) is 0 Å². The third-order valence-electron chi connectivity index (χ3n) is 4.98. The number of fused-ring (bicyclic) bond motifs is 4. The van der Waals surface area contributed by atoms with E-state index in [4.69, 9.17) is 31.2 Å². The monoisotopic (exact) mass is 394 g/mol. The van der Waals surface area contributed by atoms with Crippen molar-refractivity contribution in [3.8, 4) is 11.5 Å². The highest BCUT2D eigenvalue weighted by molar-refractivity contribution is 7.80. The molecule has 1 aromatic rings. The lowest BCUT2D eigenvalue weighted by molar-refractivity contribution is -0.176. The molecule has 27 heavy (non-hydrogen) atoms. The number of esters is 1. The van der Waals surface area contributed by atoms with E-state index < -0.39 is 11.6 Å². The lowest BCUT2D eigenvalue weighted by Gasteiger charge is -2.55. The summed E-state index contributed by atoms with van der Waals surface area (Å²) in [5, 5.41) is 3.83. The van der Waals surface area contributed by atoms with Gasteiger partial charge in [-0.1, -0.05) is 12.1 Å². The smallest absolute Gasteiger partial charge is 0.317 e. The van der Waals surface area contributed by atoms with E-state index in [0.29, 0.717) is 43.0 Å². The van der Waals surface area contributed by atoms with Crippen molar-refractivity contribution < 1.29 is 23.7 Å². The van der Waals surface area contributed by atoms with Gasteiger partial charge in [0.1, 0.15) is 5.92 Å². The van der Waals surface area contributed by atoms with Gasteiger partial charge in [0.25, 0.3) is 0 Å². The van der Waals surface area contributed by atoms with Crippen LogP contribution in [0.4, 0.5) is 0 Å². The van der Waals surface area contributed by atoms with E-state index in [0.717, 1.165) is 5.56 Å². The van der Waals surface area contributed by atoms with Crippen LogP contribution in [0, 0.1) is 5.92 Å². The number of ether oxygens (including phenoxy) is 4. The first kappa shape index (κ1) is 19.7. The largest absolute Gasteiger partial charge is 0.490 e. The van der Waals surface area contributed by atoms with Crippen molar-refractivity contribution in [3.05, 3.63) is 23.8 Å². The number of rotatable bonds is 7. The highest BCUT2D eigenvalue weighted by Gasteiger charge is 2.59. The molecule has 3 unspecified atom stereocenters. The van der Waals surface area contributed by atoms with Gasteiger partial charge in [0.2, 0.25) is 0 Å². The fourth-order valence-corrected chi connectivity index (χ4v) is 4.20. The molecular formula is C19H26N2O5S. The van der Waals surface area contributed by atoms with Crippen LogP contribution in [0.3, 0.4) is 0 Å². The predicted molar refractivity (Wildman–Crippen MR) is 104 cm³/mol. The average molecular weight is 394 g/mol. The first-order chi connectivity index (χ1) is 13.0. The van der Waals surface area contributed by atoms with Crippen LogP contribution in [0.15, 0.2) is 18.2 Å². The Morgan fingerprint density at radius 2 is 2.15 bits per heavy atom. The Hall–Kier alpha value is -2.06. The minimum Gasteiger partial charge on any atom is -0.490 e. The Labute approximate surface area is 164 Å². The number of para-hydroxylation sites is 1. The van der Waals surface area contributed by atoms with E-state index in [1.807, 2.05) is 36.9 Å². The van der Waals surface area contributed by atoms with Crippen LogP contribution < -0.4 is 14.8 Å². The predicted octanol–water partition coefficient (Wildman–Crippen LogP) is 2.25. The maximum absolute atomic E-state index is 12.9. The summed E-state index contributed by atoms with van der Waals surface area (Å²) < 4.78 is 22.8. The van der Waals surface area contributed by atoms with Crippen LogP contribution in [0.5, 0.6) is 11.5 Å². The van der Waals surface area contributed by atoms with Crippen molar-refractivity contribution >= 4 is 23.3 Å². The van der Waals surface area contributed by atoms with Crippen LogP contribution in [0.1, 0.15) is 32.4 Å². The minimum absolute atomic E-state index is 0.298. The summed E-state index contributed by atoms with van der Waals surface area (Å²) in [6.07, 6.45) is 0. The van der Waals surface area contributed by atoms with Gasteiger partial charge in [-0.15, -0.1) is 0 Å². The third kappa shape index (κ3) is 3.32. The van der Waals surface area contributed by atoms with Crippen molar-refractivity contribution in [1.29, 1.82) is 0 Å². The number of methoxy groups -OCH3 is 1. The zero-order valence-corrected chi connectivity index (χ0v) is 16.9. The SMILES string of the molecule is CCOC(=O)C1C2NC(=S)N(CCOC)C1(C)Oc1c(OCC)cccc12. The van der Waals surface area contributed by atoms with Crippen LogP contribution >= 0.6 is 12.2 Å². The van der Waals surface area contributed by atoms with Gasteiger partial charge in [0.05, 0.1) is 25.9 Å². The maximum atomic E-state index is 12.9. The number of hydrogen-bond donors (Lipinski definition) is 1. The number of nitrogens with one attached hydrogen (secondary N) is 1. The van der Waals surface area contributed by atoms with Gasteiger partial charge in [-0.3, -0.25) is 4.79 Å². The fraction of sp³-hybridized carbons (Fsp3) is 0.579. The summed E-state index contributed by atoms with van der Waals surface area (Å²) in [6.45, 7) is 7.32. The topological polar surface area (TPSA) is 69.3 Å². The lowest BCUT2D eigenvalue weighted by atomic mass is 9.79. The number of hydrogen-bond acceptors (Lipinski definition) is 6. The second-order valence-electron chi connectivity index (χ2n) is 6.57. The summed E-state index contributed by atoms with van der Waals surface area (Å²) in [5.74, 6) is 0.361. The maximum Gasteiger partial charge on any atom is 0.317 e. The molecule has 2 heterocycles. The van der Waals surface area contributed by atoms with E-state index in [2.05, 4.69) is 5.32 Å². The molecule has 8 heteroatoms. The molecule has 3 atom stereocenters. The van der Waals surface area contributed by atoms with Crippen molar-refractivity contribution in [2.24, 2.45) is 5.92 Å². The van der Waals surface area contributed by atoms with Gasteiger partial charge >= 0.3 is 5.97 Å². The molecule has 0 radical (unpaired) electrons. The summed E-state index contributed by atoms with van der Waals surface area (Å²) in [6, 6.07) is 5.32. The fourth-order valence-electron chi connectivity index (χ4n) is 3.80. The van der Waals surface area contributed by atoms with E-state index >= 15 is 0 Å². The van der Waals surface area contributed by atoms with E-state index in [1.54, 1.807) is 14.0 Å². The highest BCUT2D eigenvalue weighted by atomic mass is 32.1. The van der Waals surface area contributed by atoms with Gasteiger partial charge in [-0.25, -0.2) is 0 Å². The van der Waals surface area contributed by atoms with Crippen molar-refractivity contribution in [2.45, 2.75) is 32.5 Å². The average Bonchev–Trinajstić information content (AvgIpc) is 2.62. The zero-order chi connectivity index (χ0) is 19.6. The Kier molecular flexibility index (Phi) is 5.76. The van der Waals surface area contributed by atoms with Crippen LogP contribution in [0.25, 0.3) is 0 Å². The normalized spacial score (nSPS) is 25.9. The molecule has 3 rings (SSSR count). The van der Waals surface area contributed by atoms with Gasteiger partial charge in [0.15, 0.2) is 22.3 Å². The Morgan fingerprint density at radius 3 is 2.81 bits per heavy atom. The lowest BCUT2D eigenvalue weighted by Crippen LogP contribution is -2.71. The molecule has 0 spiro atoms. The molecule has 1 fully saturated rings. The molecule has 2 aliphatic rings. The molecule has 0 saturated carbocycles. The number of benzene rings is 1. The Bertz CT molecular complexity index is 728. The van der Waals surface area contributed by atoms with Crippen LogP contribution in [-0.2, 0) is 14.3 Å². The van der Waals surface area contributed by atoms with Gasteiger partial charge < -0.3 is 29.2 Å². The first-order valence-corrected chi connectivity index (χ1v) is 9.57. The number of carbonyl (C=O) groups excluding carboxylic acids is 1. The van der Waals surface area contributed by atoms with E-state index in [-0.39, 0.29) is 12.0 Å². The third-order valence-corrected chi connectivity index (χ3v) is 5.32. The minimum atomic E-state index is -1.02. The van der Waals surface area contributed by atoms with Gasteiger partial charge in [-0.05, 0) is 39.1 Å². The number of nitrogens with zero attached hydrogens (tertiary/aromatic N) is 1. The second kappa shape index (κ2) is 7.90. The Balaban J connectivity index is 2.12. The van der Waals surface area contributed by atoms with Crippen LogP contribution in [0.2, 0.25) is 0 Å². The second-order valence-corrected chi connectivity index (χ2v) is 6.95.